The van der Waals surface area contributed by atoms with Crippen LogP contribution in [0, 0.1) is 5.41 Å². The Bertz CT molecular complexity index is 146. The maximum absolute atomic E-state index is 9.08. The topological polar surface area (TPSA) is 58.9 Å². The molecule has 1 aliphatic rings. The van der Waals surface area contributed by atoms with E-state index in [0.717, 1.165) is 19.3 Å². The van der Waals surface area contributed by atoms with Crippen LogP contribution in [-0.2, 0) is 9.47 Å². The van der Waals surface area contributed by atoms with Crippen molar-refractivity contribution in [3.05, 3.63) is 0 Å². The third-order valence-corrected chi connectivity index (χ3v) is 2.62. The summed E-state index contributed by atoms with van der Waals surface area (Å²) in [5.41, 5.74) is -0.595. The van der Waals surface area contributed by atoms with Gasteiger partial charge in [0, 0.05) is 0 Å². The fraction of sp³-hybridized carbons (Fsp3) is 1.00. The molecule has 0 aromatic rings. The van der Waals surface area contributed by atoms with Crippen molar-refractivity contribution in [1.29, 1.82) is 0 Å². The summed E-state index contributed by atoms with van der Waals surface area (Å²) in [5.74, 6) is 0. The summed E-state index contributed by atoms with van der Waals surface area (Å²) in [6.07, 6.45) is 2.94. The van der Waals surface area contributed by atoms with E-state index in [1.54, 1.807) is 0 Å². The molecular formula is C10H20O4. The molecule has 2 N–H and O–H groups in total. The van der Waals surface area contributed by atoms with Gasteiger partial charge in [-0.3, -0.25) is 0 Å². The first-order valence-corrected chi connectivity index (χ1v) is 5.21. The first-order chi connectivity index (χ1) is 6.76. The first kappa shape index (κ1) is 11.9. The van der Waals surface area contributed by atoms with Crippen molar-refractivity contribution in [3.63, 3.8) is 0 Å². The van der Waals surface area contributed by atoms with Crippen molar-refractivity contribution in [2.24, 2.45) is 5.41 Å². The lowest BCUT2D eigenvalue weighted by Gasteiger charge is -2.37. The summed E-state index contributed by atoms with van der Waals surface area (Å²) >= 11 is 0. The second-order valence-electron chi connectivity index (χ2n) is 4.01. The molecule has 0 aromatic heterocycles. The maximum atomic E-state index is 9.08. The van der Waals surface area contributed by atoms with Crippen molar-refractivity contribution in [2.75, 3.05) is 26.4 Å². The Labute approximate surface area is 84.8 Å². The number of aliphatic hydroxyl groups is 2. The molecule has 14 heavy (non-hydrogen) atoms. The van der Waals surface area contributed by atoms with E-state index in [0.29, 0.717) is 13.2 Å². The van der Waals surface area contributed by atoms with Crippen LogP contribution in [0.25, 0.3) is 0 Å². The monoisotopic (exact) mass is 204 g/mol. The second-order valence-corrected chi connectivity index (χ2v) is 4.01. The van der Waals surface area contributed by atoms with Crippen LogP contribution in [-0.4, -0.2) is 42.9 Å². The Balaban J connectivity index is 2.29. The summed E-state index contributed by atoms with van der Waals surface area (Å²) in [5, 5.41) is 18.2. The van der Waals surface area contributed by atoms with E-state index in [1.165, 1.54) is 0 Å². The van der Waals surface area contributed by atoms with Gasteiger partial charge in [0.2, 0.25) is 0 Å². The molecule has 0 amide bonds. The normalized spacial score (nSPS) is 22.5. The van der Waals surface area contributed by atoms with Crippen molar-refractivity contribution in [2.45, 2.75) is 32.5 Å². The van der Waals surface area contributed by atoms with Gasteiger partial charge >= 0.3 is 0 Å². The van der Waals surface area contributed by atoms with Crippen molar-refractivity contribution in [1.82, 2.24) is 0 Å². The van der Waals surface area contributed by atoms with E-state index in [1.807, 2.05) is 0 Å². The molecule has 0 aromatic carbocycles. The number of unbranched alkanes of at least 4 members (excludes halogenated alkanes) is 1. The largest absolute Gasteiger partial charge is 0.396 e. The average Bonchev–Trinajstić information content (AvgIpc) is 2.27. The van der Waals surface area contributed by atoms with Crippen LogP contribution < -0.4 is 0 Å². The molecule has 0 aliphatic carbocycles. The zero-order chi connectivity index (χ0) is 10.4. The van der Waals surface area contributed by atoms with Crippen LogP contribution in [0.15, 0.2) is 0 Å². The number of rotatable bonds is 5. The third-order valence-electron chi connectivity index (χ3n) is 2.62. The van der Waals surface area contributed by atoms with Gasteiger partial charge in [0.15, 0.2) is 6.29 Å². The highest BCUT2D eigenvalue weighted by Gasteiger charge is 2.35. The zero-order valence-corrected chi connectivity index (χ0v) is 8.74. The van der Waals surface area contributed by atoms with Gasteiger partial charge < -0.3 is 19.7 Å². The minimum Gasteiger partial charge on any atom is -0.396 e. The molecule has 4 heteroatoms. The molecule has 0 saturated carbocycles. The predicted molar refractivity (Wildman–Crippen MR) is 51.8 cm³/mol. The van der Waals surface area contributed by atoms with Gasteiger partial charge in [0.05, 0.1) is 31.8 Å². The average molecular weight is 204 g/mol. The summed E-state index contributed by atoms with van der Waals surface area (Å²) in [6, 6.07) is 0. The van der Waals surface area contributed by atoms with Crippen LogP contribution in [0.1, 0.15) is 26.2 Å². The van der Waals surface area contributed by atoms with Crippen molar-refractivity contribution in [3.8, 4) is 0 Å². The Morgan fingerprint density at radius 2 is 1.79 bits per heavy atom. The maximum Gasteiger partial charge on any atom is 0.157 e. The number of hydrogen-bond acceptors (Lipinski definition) is 4. The first-order valence-electron chi connectivity index (χ1n) is 5.21. The Kier molecular flexibility index (Phi) is 4.81. The summed E-state index contributed by atoms with van der Waals surface area (Å²) < 4.78 is 10.9. The number of ether oxygens (including phenoxy) is 2. The number of hydrogen-bond donors (Lipinski definition) is 2. The SMILES string of the molecule is CCCCC1OCC(CO)(CO)CO1. The highest BCUT2D eigenvalue weighted by Crippen LogP contribution is 2.25. The highest BCUT2D eigenvalue weighted by atomic mass is 16.7. The minimum absolute atomic E-state index is 0.0933. The fourth-order valence-corrected chi connectivity index (χ4v) is 1.40. The Hall–Kier alpha value is -0.160. The van der Waals surface area contributed by atoms with Crippen molar-refractivity contribution < 1.29 is 19.7 Å². The predicted octanol–water partition coefficient (Wildman–Crippen LogP) is 0.520. The molecule has 0 unspecified atom stereocenters. The molecule has 1 saturated heterocycles. The van der Waals surface area contributed by atoms with E-state index in [2.05, 4.69) is 6.92 Å². The van der Waals surface area contributed by atoms with Gasteiger partial charge in [-0.05, 0) is 12.8 Å². The molecule has 0 spiro atoms. The summed E-state index contributed by atoms with van der Waals surface area (Å²) in [6.45, 7) is 2.70. The summed E-state index contributed by atoms with van der Waals surface area (Å²) in [7, 11) is 0. The van der Waals surface area contributed by atoms with Gasteiger partial charge in [-0.2, -0.15) is 0 Å². The second kappa shape index (κ2) is 5.66. The van der Waals surface area contributed by atoms with Crippen LogP contribution >= 0.6 is 0 Å². The molecule has 1 heterocycles. The molecule has 0 atom stereocenters. The minimum atomic E-state index is -0.595. The molecule has 4 nitrogen and oxygen atoms in total. The smallest absolute Gasteiger partial charge is 0.157 e. The number of aliphatic hydroxyl groups excluding tert-OH is 2. The lowest BCUT2D eigenvalue weighted by Crippen LogP contribution is -2.46. The van der Waals surface area contributed by atoms with Gasteiger partial charge in [-0.15, -0.1) is 0 Å². The molecule has 1 rings (SSSR count). The highest BCUT2D eigenvalue weighted by molar-refractivity contribution is 4.80. The standard InChI is InChI=1S/C10H20O4/c1-2-3-4-9-13-7-10(5-11,6-12)8-14-9/h9,11-12H,2-8H2,1H3. The lowest BCUT2D eigenvalue weighted by molar-refractivity contribution is -0.245. The quantitative estimate of drug-likeness (QED) is 0.685. The molecule has 84 valence electrons. The van der Waals surface area contributed by atoms with Gasteiger partial charge in [-0.25, -0.2) is 0 Å². The van der Waals surface area contributed by atoms with Crippen molar-refractivity contribution >= 4 is 0 Å². The molecular weight excluding hydrogens is 184 g/mol. The Morgan fingerprint density at radius 1 is 1.21 bits per heavy atom. The fourth-order valence-electron chi connectivity index (χ4n) is 1.40. The van der Waals surface area contributed by atoms with Crippen LogP contribution in [0.2, 0.25) is 0 Å². The van der Waals surface area contributed by atoms with Crippen LogP contribution in [0.4, 0.5) is 0 Å². The lowest BCUT2D eigenvalue weighted by atomic mass is 9.92. The van der Waals surface area contributed by atoms with Crippen LogP contribution in [0.5, 0.6) is 0 Å². The summed E-state index contributed by atoms with van der Waals surface area (Å²) in [4.78, 5) is 0. The molecule has 0 bridgehead atoms. The molecule has 1 fully saturated rings. The Morgan fingerprint density at radius 3 is 2.21 bits per heavy atom. The van der Waals surface area contributed by atoms with E-state index in [9.17, 15) is 0 Å². The van der Waals surface area contributed by atoms with E-state index in [4.69, 9.17) is 19.7 Å². The molecule has 0 radical (unpaired) electrons. The molecule has 1 aliphatic heterocycles. The van der Waals surface area contributed by atoms with Gasteiger partial charge in [-0.1, -0.05) is 13.3 Å². The zero-order valence-electron chi connectivity index (χ0n) is 8.74. The van der Waals surface area contributed by atoms with Gasteiger partial charge in [0.1, 0.15) is 0 Å². The van der Waals surface area contributed by atoms with E-state index < -0.39 is 5.41 Å². The van der Waals surface area contributed by atoms with Crippen LogP contribution in [0.3, 0.4) is 0 Å². The van der Waals surface area contributed by atoms with Gasteiger partial charge in [0.25, 0.3) is 0 Å². The van der Waals surface area contributed by atoms with E-state index >= 15 is 0 Å². The third kappa shape index (κ3) is 2.92. The van der Waals surface area contributed by atoms with E-state index in [-0.39, 0.29) is 19.5 Å².